The van der Waals surface area contributed by atoms with Crippen molar-refractivity contribution < 1.29 is 22.7 Å². The van der Waals surface area contributed by atoms with E-state index in [0.29, 0.717) is 34.3 Å². The van der Waals surface area contributed by atoms with Gasteiger partial charge in [0.1, 0.15) is 11.5 Å². The molecule has 0 radical (unpaired) electrons. The third-order valence-electron chi connectivity index (χ3n) is 4.51. The Labute approximate surface area is 192 Å². The predicted octanol–water partition coefficient (Wildman–Crippen LogP) is 4.95. The summed E-state index contributed by atoms with van der Waals surface area (Å²) < 4.78 is 38.6. The minimum absolute atomic E-state index is 0.0603. The fraction of sp³-hybridized carbons (Fsp3) is 0.174. The predicted molar refractivity (Wildman–Crippen MR) is 125 cm³/mol. The first-order valence-corrected chi connectivity index (χ1v) is 11.7. The van der Waals surface area contributed by atoms with Gasteiger partial charge in [-0.3, -0.25) is 9.52 Å². The highest BCUT2D eigenvalue weighted by molar-refractivity contribution is 7.92. The standard InChI is InChI=1S/C23H23ClN2O5S/c1-3-22(31-20-6-4-5-19(15-20)30-2)23(27)25-17-11-13-21(14-12-17)32(28,29)26-18-9-7-16(24)8-10-18/h4-15,22,26H,3H2,1-2H3,(H,25,27)/t22-/m1/s1. The molecule has 0 spiro atoms. The van der Waals surface area contributed by atoms with Crippen LogP contribution in [0.3, 0.4) is 0 Å². The number of carbonyl (C=O) groups is 1. The quantitative estimate of drug-likeness (QED) is 0.458. The number of halogens is 1. The molecule has 9 heteroatoms. The van der Waals surface area contributed by atoms with E-state index >= 15 is 0 Å². The van der Waals surface area contributed by atoms with Crippen molar-refractivity contribution in [2.75, 3.05) is 17.1 Å². The molecule has 0 saturated carbocycles. The first-order chi connectivity index (χ1) is 15.3. The fourth-order valence-electron chi connectivity index (χ4n) is 2.83. The van der Waals surface area contributed by atoms with Gasteiger partial charge in [0, 0.05) is 22.5 Å². The van der Waals surface area contributed by atoms with Gasteiger partial charge in [0.05, 0.1) is 12.0 Å². The van der Waals surface area contributed by atoms with Crippen LogP contribution in [0.2, 0.25) is 5.02 Å². The number of amides is 1. The zero-order chi connectivity index (χ0) is 23.1. The Morgan fingerprint density at radius 2 is 1.59 bits per heavy atom. The molecule has 3 aromatic carbocycles. The van der Waals surface area contributed by atoms with Crippen molar-refractivity contribution in [3.05, 3.63) is 77.8 Å². The van der Waals surface area contributed by atoms with Gasteiger partial charge in [-0.05, 0) is 67.1 Å². The maximum absolute atomic E-state index is 12.6. The molecule has 2 N–H and O–H groups in total. The van der Waals surface area contributed by atoms with E-state index in [4.69, 9.17) is 21.1 Å². The molecule has 0 aliphatic carbocycles. The fourth-order valence-corrected chi connectivity index (χ4v) is 4.02. The molecule has 0 heterocycles. The van der Waals surface area contributed by atoms with Gasteiger partial charge in [-0.1, -0.05) is 24.6 Å². The molecule has 1 amide bonds. The van der Waals surface area contributed by atoms with Crippen molar-refractivity contribution in [1.29, 1.82) is 0 Å². The van der Waals surface area contributed by atoms with E-state index in [1.807, 2.05) is 6.92 Å². The molecule has 0 saturated heterocycles. The van der Waals surface area contributed by atoms with Gasteiger partial charge in [-0.15, -0.1) is 0 Å². The number of methoxy groups -OCH3 is 1. The van der Waals surface area contributed by atoms with Crippen LogP contribution in [0.5, 0.6) is 11.5 Å². The Morgan fingerprint density at radius 1 is 0.969 bits per heavy atom. The first-order valence-electron chi connectivity index (χ1n) is 9.81. The molecule has 0 fully saturated rings. The lowest BCUT2D eigenvalue weighted by atomic mass is 10.2. The first kappa shape index (κ1) is 23.4. The second-order valence-corrected chi connectivity index (χ2v) is 8.94. The van der Waals surface area contributed by atoms with Crippen LogP contribution in [0.25, 0.3) is 0 Å². The summed E-state index contributed by atoms with van der Waals surface area (Å²) in [5.41, 5.74) is 0.848. The lowest BCUT2D eigenvalue weighted by molar-refractivity contribution is -0.122. The molecule has 0 unspecified atom stereocenters. The topological polar surface area (TPSA) is 93.7 Å². The van der Waals surface area contributed by atoms with Crippen molar-refractivity contribution in [3.8, 4) is 11.5 Å². The van der Waals surface area contributed by atoms with Crippen molar-refractivity contribution in [2.24, 2.45) is 0 Å². The SMILES string of the molecule is CC[C@@H](Oc1cccc(OC)c1)C(=O)Nc1ccc(S(=O)(=O)Nc2ccc(Cl)cc2)cc1. The van der Waals surface area contributed by atoms with Crippen molar-refractivity contribution >= 4 is 38.9 Å². The third-order valence-corrected chi connectivity index (χ3v) is 6.16. The number of anilines is 2. The van der Waals surface area contributed by atoms with Crippen LogP contribution in [0.15, 0.2) is 77.7 Å². The lowest BCUT2D eigenvalue weighted by Crippen LogP contribution is -2.32. The zero-order valence-corrected chi connectivity index (χ0v) is 19.1. The van der Waals surface area contributed by atoms with Crippen molar-refractivity contribution in [1.82, 2.24) is 0 Å². The number of carbonyl (C=O) groups excluding carboxylic acids is 1. The molecule has 1 atom stereocenters. The van der Waals surface area contributed by atoms with E-state index in [1.165, 1.54) is 24.3 Å². The number of hydrogen-bond donors (Lipinski definition) is 2. The summed E-state index contributed by atoms with van der Waals surface area (Å²) in [5, 5.41) is 3.26. The van der Waals surface area contributed by atoms with E-state index in [9.17, 15) is 13.2 Å². The second-order valence-electron chi connectivity index (χ2n) is 6.82. The highest BCUT2D eigenvalue weighted by atomic mass is 35.5. The van der Waals surface area contributed by atoms with E-state index in [1.54, 1.807) is 55.6 Å². The largest absolute Gasteiger partial charge is 0.497 e. The van der Waals surface area contributed by atoms with Crippen LogP contribution >= 0.6 is 11.6 Å². The van der Waals surface area contributed by atoms with Gasteiger partial charge in [0.15, 0.2) is 6.10 Å². The highest BCUT2D eigenvalue weighted by Crippen LogP contribution is 2.22. The maximum atomic E-state index is 12.6. The van der Waals surface area contributed by atoms with Gasteiger partial charge in [-0.2, -0.15) is 0 Å². The minimum atomic E-state index is -3.78. The van der Waals surface area contributed by atoms with Crippen LogP contribution in [0.1, 0.15) is 13.3 Å². The number of hydrogen-bond acceptors (Lipinski definition) is 5. The molecule has 168 valence electrons. The molecule has 32 heavy (non-hydrogen) atoms. The Morgan fingerprint density at radius 3 is 2.22 bits per heavy atom. The molecule has 0 bridgehead atoms. The molecular weight excluding hydrogens is 452 g/mol. The van der Waals surface area contributed by atoms with Crippen LogP contribution < -0.4 is 19.5 Å². The van der Waals surface area contributed by atoms with E-state index in [-0.39, 0.29) is 10.8 Å². The minimum Gasteiger partial charge on any atom is -0.497 e. The third kappa shape index (κ3) is 6.15. The van der Waals surface area contributed by atoms with E-state index in [2.05, 4.69) is 10.0 Å². The summed E-state index contributed by atoms with van der Waals surface area (Å²) in [5.74, 6) is 0.799. The number of nitrogens with one attached hydrogen (secondary N) is 2. The van der Waals surface area contributed by atoms with E-state index < -0.39 is 16.1 Å². The second kappa shape index (κ2) is 10.4. The summed E-state index contributed by atoms with van der Waals surface area (Å²) >= 11 is 5.82. The number of ether oxygens (including phenoxy) is 2. The Bertz CT molecular complexity index is 1170. The number of benzene rings is 3. The van der Waals surface area contributed by atoms with Crippen LogP contribution in [0, 0.1) is 0 Å². The highest BCUT2D eigenvalue weighted by Gasteiger charge is 2.20. The molecule has 7 nitrogen and oxygen atoms in total. The molecule has 3 aromatic rings. The Hall–Kier alpha value is -3.23. The summed E-state index contributed by atoms with van der Waals surface area (Å²) in [6.45, 7) is 1.84. The summed E-state index contributed by atoms with van der Waals surface area (Å²) in [6.07, 6.45) is -0.280. The molecular formula is C23H23ClN2O5S. The normalized spacial score (nSPS) is 12.0. The molecule has 3 rings (SSSR count). The van der Waals surface area contributed by atoms with Gasteiger partial charge < -0.3 is 14.8 Å². The smallest absolute Gasteiger partial charge is 0.265 e. The van der Waals surface area contributed by atoms with Crippen LogP contribution in [-0.4, -0.2) is 27.5 Å². The maximum Gasteiger partial charge on any atom is 0.265 e. The lowest BCUT2D eigenvalue weighted by Gasteiger charge is -2.18. The monoisotopic (exact) mass is 474 g/mol. The van der Waals surface area contributed by atoms with Gasteiger partial charge in [-0.25, -0.2) is 8.42 Å². The van der Waals surface area contributed by atoms with E-state index in [0.717, 1.165) is 0 Å². The number of rotatable bonds is 9. The molecule has 0 aliphatic rings. The van der Waals surface area contributed by atoms with Gasteiger partial charge >= 0.3 is 0 Å². The average molecular weight is 475 g/mol. The zero-order valence-electron chi connectivity index (χ0n) is 17.5. The van der Waals surface area contributed by atoms with Crippen LogP contribution in [-0.2, 0) is 14.8 Å². The van der Waals surface area contributed by atoms with Gasteiger partial charge in [0.25, 0.3) is 15.9 Å². The van der Waals surface area contributed by atoms with Crippen molar-refractivity contribution in [2.45, 2.75) is 24.3 Å². The summed E-state index contributed by atoms with van der Waals surface area (Å²) in [6, 6.07) is 19.2. The summed E-state index contributed by atoms with van der Waals surface area (Å²) in [7, 11) is -2.23. The average Bonchev–Trinajstić information content (AvgIpc) is 2.79. The van der Waals surface area contributed by atoms with Gasteiger partial charge in [0.2, 0.25) is 0 Å². The van der Waals surface area contributed by atoms with Crippen LogP contribution in [0.4, 0.5) is 11.4 Å². The Balaban J connectivity index is 1.65. The Kier molecular flexibility index (Phi) is 7.61. The summed E-state index contributed by atoms with van der Waals surface area (Å²) in [4.78, 5) is 12.7. The molecule has 0 aliphatic heterocycles. The molecule has 0 aromatic heterocycles. The van der Waals surface area contributed by atoms with Crippen molar-refractivity contribution in [3.63, 3.8) is 0 Å². The number of sulfonamides is 1.